The van der Waals surface area contributed by atoms with Gasteiger partial charge in [0.25, 0.3) is 0 Å². The van der Waals surface area contributed by atoms with Crippen LogP contribution in [0.15, 0.2) is 72.9 Å². The first kappa shape index (κ1) is 24.6. The quantitative estimate of drug-likeness (QED) is 0.342. The summed E-state index contributed by atoms with van der Waals surface area (Å²) >= 11 is 0. The highest BCUT2D eigenvalue weighted by Crippen LogP contribution is 2.30. The number of fused-ring (bicyclic) bond motifs is 1. The number of aromatic nitrogens is 1. The first-order valence-electron chi connectivity index (χ1n) is 12.5. The lowest BCUT2D eigenvalue weighted by Gasteiger charge is -2.15. The van der Waals surface area contributed by atoms with Crippen LogP contribution in [0.25, 0.3) is 22.0 Å². The number of hydrogen-bond donors (Lipinski definition) is 1. The number of rotatable bonds is 8. The molecule has 1 N–H and O–H groups in total. The molecule has 0 spiro atoms. The second kappa shape index (κ2) is 10.5. The number of carbonyl (C=O) groups is 2. The summed E-state index contributed by atoms with van der Waals surface area (Å²) in [6, 6.07) is 21.2. The first-order chi connectivity index (χ1) is 17.9. The third-order valence-corrected chi connectivity index (χ3v) is 6.87. The number of aryl methyl sites for hydroxylation is 3. The second-order valence-corrected chi connectivity index (χ2v) is 9.55. The fourth-order valence-corrected chi connectivity index (χ4v) is 4.96. The Morgan fingerprint density at radius 2 is 1.86 bits per heavy atom. The van der Waals surface area contributed by atoms with E-state index in [1.165, 1.54) is 39.9 Å². The number of cyclic esters (lactones) is 1. The zero-order chi connectivity index (χ0) is 25.9. The predicted molar refractivity (Wildman–Crippen MR) is 143 cm³/mol. The van der Waals surface area contributed by atoms with Crippen LogP contribution in [0.1, 0.15) is 24.5 Å². The highest BCUT2D eigenvalue weighted by atomic mass is 19.1. The second-order valence-electron chi connectivity index (χ2n) is 9.55. The number of nitrogens with one attached hydrogen (secondary N) is 1. The van der Waals surface area contributed by atoms with Gasteiger partial charge in [-0.15, -0.1) is 0 Å². The molecule has 0 bridgehead atoms. The summed E-state index contributed by atoms with van der Waals surface area (Å²) in [5, 5.41) is 3.95. The predicted octanol–water partition coefficient (Wildman–Crippen LogP) is 5.62. The van der Waals surface area contributed by atoms with E-state index in [1.54, 1.807) is 12.1 Å². The third kappa shape index (κ3) is 5.35. The van der Waals surface area contributed by atoms with E-state index < -0.39 is 18.0 Å². The Hall–Kier alpha value is -4.13. The summed E-state index contributed by atoms with van der Waals surface area (Å²) in [5.41, 5.74) is 5.53. The highest BCUT2D eigenvalue weighted by molar-refractivity contribution is 5.90. The van der Waals surface area contributed by atoms with Gasteiger partial charge in [0.15, 0.2) is 0 Å². The molecule has 6 nitrogen and oxygen atoms in total. The van der Waals surface area contributed by atoms with Crippen LogP contribution in [0, 0.1) is 5.82 Å². The van der Waals surface area contributed by atoms with Crippen molar-refractivity contribution in [2.24, 2.45) is 7.05 Å². The Balaban J connectivity index is 1.21. The molecule has 1 atom stereocenters. The Morgan fingerprint density at radius 1 is 1.08 bits per heavy atom. The number of anilines is 1. The Kier molecular flexibility index (Phi) is 6.95. The van der Waals surface area contributed by atoms with Crippen molar-refractivity contribution in [3.63, 3.8) is 0 Å². The van der Waals surface area contributed by atoms with Crippen LogP contribution in [-0.4, -0.2) is 35.8 Å². The number of ether oxygens (including phenoxy) is 1. The molecule has 4 aromatic rings. The van der Waals surface area contributed by atoms with E-state index in [0.717, 1.165) is 24.8 Å². The molecule has 2 heterocycles. The number of benzene rings is 3. The van der Waals surface area contributed by atoms with Crippen molar-refractivity contribution in [1.29, 1.82) is 0 Å². The molecule has 5 rings (SSSR count). The van der Waals surface area contributed by atoms with Crippen molar-refractivity contribution in [1.82, 2.24) is 9.88 Å². The molecule has 190 valence electrons. The Morgan fingerprint density at radius 3 is 2.62 bits per heavy atom. The van der Waals surface area contributed by atoms with Gasteiger partial charge >= 0.3 is 6.09 Å². The van der Waals surface area contributed by atoms with E-state index in [0.29, 0.717) is 11.3 Å². The van der Waals surface area contributed by atoms with Gasteiger partial charge in [0.05, 0.1) is 18.8 Å². The van der Waals surface area contributed by atoms with Gasteiger partial charge in [0.2, 0.25) is 5.91 Å². The van der Waals surface area contributed by atoms with Gasteiger partial charge in [-0.05, 0) is 60.2 Å². The van der Waals surface area contributed by atoms with Crippen molar-refractivity contribution < 1.29 is 18.7 Å². The number of hydrogen-bond acceptors (Lipinski definition) is 3. The highest BCUT2D eigenvalue weighted by Gasteiger charge is 2.32. The zero-order valence-corrected chi connectivity index (χ0v) is 21.0. The minimum Gasteiger partial charge on any atom is -0.442 e. The fraction of sp³-hybridized carbons (Fsp3) is 0.267. The van der Waals surface area contributed by atoms with Gasteiger partial charge in [0.1, 0.15) is 11.9 Å². The van der Waals surface area contributed by atoms with Crippen molar-refractivity contribution >= 4 is 28.6 Å². The van der Waals surface area contributed by atoms with E-state index in [4.69, 9.17) is 4.74 Å². The van der Waals surface area contributed by atoms with Crippen molar-refractivity contribution in [2.75, 3.05) is 18.0 Å². The lowest BCUT2D eigenvalue weighted by atomic mass is 9.99. The van der Waals surface area contributed by atoms with Crippen LogP contribution in [0.5, 0.6) is 0 Å². The maximum atomic E-state index is 15.1. The van der Waals surface area contributed by atoms with Gasteiger partial charge in [-0.2, -0.15) is 0 Å². The zero-order valence-electron chi connectivity index (χ0n) is 21.0. The summed E-state index contributed by atoms with van der Waals surface area (Å²) in [4.78, 5) is 24.7. The molecule has 0 saturated carbocycles. The van der Waals surface area contributed by atoms with Gasteiger partial charge in [-0.3, -0.25) is 9.69 Å². The van der Waals surface area contributed by atoms with Crippen molar-refractivity contribution in [3.05, 3.63) is 89.9 Å². The maximum absolute atomic E-state index is 15.1. The average molecular weight is 500 g/mol. The summed E-state index contributed by atoms with van der Waals surface area (Å²) in [5.74, 6) is -0.597. The number of carbonyl (C=O) groups excluding carboxylic acids is 2. The van der Waals surface area contributed by atoms with E-state index in [2.05, 4.69) is 59.5 Å². The SMILES string of the molecule is CC(=O)NC[C@H]1CN(c2ccc(-c3ccc(CCCc4cn(C)c5ccccc45)cc3)c(F)c2)C(=O)O1. The molecule has 0 radical (unpaired) electrons. The summed E-state index contributed by atoms with van der Waals surface area (Å²) < 4.78 is 22.5. The summed E-state index contributed by atoms with van der Waals surface area (Å²) in [6.07, 6.45) is 4.18. The minimum absolute atomic E-state index is 0.194. The first-order valence-corrected chi connectivity index (χ1v) is 12.5. The Bertz CT molecular complexity index is 1440. The lowest BCUT2D eigenvalue weighted by molar-refractivity contribution is -0.119. The van der Waals surface area contributed by atoms with E-state index in [9.17, 15) is 9.59 Å². The molecule has 1 aliphatic heterocycles. The van der Waals surface area contributed by atoms with Crippen LogP contribution >= 0.6 is 0 Å². The third-order valence-electron chi connectivity index (χ3n) is 6.87. The molecular formula is C30H30FN3O3. The summed E-state index contributed by atoms with van der Waals surface area (Å²) in [7, 11) is 2.08. The molecule has 1 aliphatic rings. The lowest BCUT2D eigenvalue weighted by Crippen LogP contribution is -2.33. The topological polar surface area (TPSA) is 63.6 Å². The molecule has 1 aromatic heterocycles. The standard InChI is InChI=1S/C30H30FN3O3/c1-20(35)32-17-25-19-34(30(36)37-25)24-14-15-26(28(31)16-24)22-12-10-21(11-13-22)6-5-7-23-18-33(2)29-9-4-3-8-27(23)29/h3-4,8-16,18,25H,5-7,17,19H2,1-2H3,(H,32,35)/t25-/m0/s1. The molecule has 1 fully saturated rings. The van der Waals surface area contributed by atoms with Gasteiger partial charge in [-0.1, -0.05) is 42.5 Å². The number of nitrogens with zero attached hydrogens (tertiary/aromatic N) is 2. The van der Waals surface area contributed by atoms with Gasteiger partial charge in [0, 0.05) is 36.6 Å². The average Bonchev–Trinajstić information content (AvgIpc) is 3.42. The molecular weight excluding hydrogens is 469 g/mol. The molecule has 1 saturated heterocycles. The van der Waals surface area contributed by atoms with Crippen LogP contribution in [0.2, 0.25) is 0 Å². The summed E-state index contributed by atoms with van der Waals surface area (Å²) in [6.45, 7) is 1.89. The number of amides is 2. The van der Waals surface area contributed by atoms with Crippen LogP contribution < -0.4 is 10.2 Å². The van der Waals surface area contributed by atoms with Crippen LogP contribution in [0.4, 0.5) is 14.9 Å². The minimum atomic E-state index is -0.546. The van der Waals surface area contributed by atoms with Gasteiger partial charge < -0.3 is 14.6 Å². The smallest absolute Gasteiger partial charge is 0.414 e. The molecule has 0 unspecified atom stereocenters. The van der Waals surface area contributed by atoms with E-state index in [-0.39, 0.29) is 19.0 Å². The van der Waals surface area contributed by atoms with E-state index >= 15 is 4.39 Å². The molecule has 7 heteroatoms. The van der Waals surface area contributed by atoms with Crippen LogP contribution in [-0.2, 0) is 29.4 Å². The maximum Gasteiger partial charge on any atom is 0.414 e. The van der Waals surface area contributed by atoms with Crippen molar-refractivity contribution in [2.45, 2.75) is 32.3 Å². The van der Waals surface area contributed by atoms with Crippen molar-refractivity contribution in [3.8, 4) is 11.1 Å². The normalized spacial score (nSPS) is 15.3. The monoisotopic (exact) mass is 499 g/mol. The molecule has 0 aliphatic carbocycles. The van der Waals surface area contributed by atoms with Crippen LogP contribution in [0.3, 0.4) is 0 Å². The molecule has 3 aromatic carbocycles. The largest absolute Gasteiger partial charge is 0.442 e. The number of para-hydroxylation sites is 1. The molecule has 2 amide bonds. The fourth-order valence-electron chi connectivity index (χ4n) is 4.96. The Labute approximate surface area is 215 Å². The van der Waals surface area contributed by atoms with Gasteiger partial charge in [-0.25, -0.2) is 9.18 Å². The molecule has 37 heavy (non-hydrogen) atoms. The van der Waals surface area contributed by atoms with E-state index in [1.807, 2.05) is 12.1 Å². The number of halogens is 1.